The lowest BCUT2D eigenvalue weighted by Gasteiger charge is -2.23. The number of carboxylic acids is 1. The Morgan fingerprint density at radius 3 is 2.27 bits per heavy atom. The first kappa shape index (κ1) is 23.6. The number of ether oxygens (including phenoxy) is 1. The van der Waals surface area contributed by atoms with E-state index in [0.717, 1.165) is 5.56 Å². The average Bonchev–Trinajstić information content (AvgIpc) is 2.84. The summed E-state index contributed by atoms with van der Waals surface area (Å²) in [5, 5.41) is 9.74. The lowest BCUT2D eigenvalue weighted by molar-refractivity contribution is -0.139. The number of benzene rings is 3. The van der Waals surface area contributed by atoms with Crippen LogP contribution in [0.5, 0.6) is 5.75 Å². The number of methoxy groups -OCH3 is 1. The van der Waals surface area contributed by atoms with Crippen molar-refractivity contribution in [3.05, 3.63) is 83.9 Å². The largest absolute Gasteiger partial charge is 0.497 e. The molecule has 0 heterocycles. The van der Waals surface area contributed by atoms with Crippen LogP contribution in [-0.2, 0) is 14.6 Å². The summed E-state index contributed by atoms with van der Waals surface area (Å²) in [5.41, 5.74) is 8.00. The van der Waals surface area contributed by atoms with Gasteiger partial charge in [-0.1, -0.05) is 54.2 Å². The topological polar surface area (TPSA) is 107 Å². The van der Waals surface area contributed by atoms with Gasteiger partial charge >= 0.3 is 5.97 Å². The Morgan fingerprint density at radius 2 is 1.70 bits per heavy atom. The van der Waals surface area contributed by atoms with Crippen LogP contribution in [0.25, 0.3) is 11.1 Å². The summed E-state index contributed by atoms with van der Waals surface area (Å²) < 4.78 is 31.9. The molecule has 0 saturated heterocycles. The molecule has 1 unspecified atom stereocenters. The number of hydrogen-bond acceptors (Lipinski definition) is 5. The molecule has 3 N–H and O–H groups in total. The third kappa shape index (κ3) is 4.75. The second-order valence-electron chi connectivity index (χ2n) is 7.13. The number of rotatable bonds is 6. The van der Waals surface area contributed by atoms with E-state index in [0.29, 0.717) is 16.9 Å². The first-order chi connectivity index (χ1) is 15.7. The molecule has 0 amide bonds. The van der Waals surface area contributed by atoms with E-state index in [1.165, 1.54) is 12.1 Å². The third-order valence-electron chi connectivity index (χ3n) is 5.05. The van der Waals surface area contributed by atoms with E-state index in [1.807, 2.05) is 0 Å². The molecule has 33 heavy (non-hydrogen) atoms. The molecule has 0 radical (unpaired) electrons. The predicted octanol–water partition coefficient (Wildman–Crippen LogP) is 3.30. The van der Waals surface area contributed by atoms with E-state index in [-0.39, 0.29) is 10.5 Å². The molecule has 7 heteroatoms. The van der Waals surface area contributed by atoms with Crippen LogP contribution in [-0.4, -0.2) is 31.5 Å². The zero-order valence-corrected chi connectivity index (χ0v) is 18.6. The lowest BCUT2D eigenvalue weighted by Crippen LogP contribution is -2.54. The van der Waals surface area contributed by atoms with Crippen LogP contribution in [0.2, 0.25) is 0 Å². The van der Waals surface area contributed by atoms with Gasteiger partial charge < -0.3 is 15.6 Å². The monoisotopic (exact) mass is 459 g/mol. The van der Waals surface area contributed by atoms with E-state index in [1.54, 1.807) is 67.8 Å². The van der Waals surface area contributed by atoms with Crippen molar-refractivity contribution < 1.29 is 23.1 Å². The molecule has 0 aliphatic heterocycles. The summed E-state index contributed by atoms with van der Waals surface area (Å²) in [6, 6.07) is 20.2. The van der Waals surface area contributed by atoms with Crippen LogP contribution < -0.4 is 10.5 Å². The zero-order valence-electron chi connectivity index (χ0n) is 17.8. The fraction of sp³-hybridized carbons (Fsp3) is 0.115. The van der Waals surface area contributed by atoms with Crippen molar-refractivity contribution in [1.82, 2.24) is 0 Å². The van der Waals surface area contributed by atoms with Crippen LogP contribution in [0.4, 0.5) is 0 Å². The minimum atomic E-state index is -4.59. The Bertz CT molecular complexity index is 1380. The van der Waals surface area contributed by atoms with Crippen LogP contribution in [0.15, 0.2) is 77.7 Å². The number of aliphatic carboxylic acids is 1. The Labute approximate surface area is 192 Å². The van der Waals surface area contributed by atoms with Crippen molar-refractivity contribution in [2.45, 2.75) is 16.2 Å². The number of carboxylic acid groups (broad SMARTS) is 1. The number of terminal acetylenes is 1. The van der Waals surface area contributed by atoms with Crippen molar-refractivity contribution in [2.24, 2.45) is 5.73 Å². The summed E-state index contributed by atoms with van der Waals surface area (Å²) in [6.07, 6.45) is 4.96. The first-order valence-electron chi connectivity index (χ1n) is 9.79. The van der Waals surface area contributed by atoms with Gasteiger partial charge in [0.1, 0.15) is 5.75 Å². The van der Waals surface area contributed by atoms with Gasteiger partial charge in [-0.3, -0.25) is 0 Å². The van der Waals surface area contributed by atoms with Gasteiger partial charge in [-0.05, 0) is 47.5 Å². The summed E-state index contributed by atoms with van der Waals surface area (Å²) in [7, 11) is -3.04. The molecular weight excluding hydrogens is 438 g/mol. The molecule has 0 saturated carbocycles. The maximum Gasteiger partial charge on any atom is 0.340 e. The maximum absolute atomic E-state index is 13.4. The van der Waals surface area contributed by atoms with Crippen molar-refractivity contribution in [2.75, 3.05) is 7.11 Å². The standard InChI is InChI=1S/C26H21NO5S/c1-3-20-18-22(21-11-14-23(32-2)15-12-21)13-16-24(20)33(30,31)26(27,25(28)29)17-7-10-19-8-5-4-6-9-19/h1,4-6,8-9,11-16,18H,17,27H2,2H3,(H,28,29). The molecule has 0 aliphatic rings. The zero-order chi connectivity index (χ0) is 24.1. The van der Waals surface area contributed by atoms with Gasteiger partial charge in [0.2, 0.25) is 14.7 Å². The molecular formula is C26H21NO5S. The Kier molecular flexibility index (Phi) is 6.89. The highest BCUT2D eigenvalue weighted by molar-refractivity contribution is 7.93. The Hall–Kier alpha value is -4.04. The van der Waals surface area contributed by atoms with Gasteiger partial charge in [0, 0.05) is 11.1 Å². The molecule has 6 nitrogen and oxygen atoms in total. The molecule has 0 fully saturated rings. The fourth-order valence-corrected chi connectivity index (χ4v) is 4.66. The predicted molar refractivity (Wildman–Crippen MR) is 126 cm³/mol. The maximum atomic E-state index is 13.4. The summed E-state index contributed by atoms with van der Waals surface area (Å²) in [4.78, 5) is 8.98. The normalized spacial score (nSPS) is 12.5. The second-order valence-corrected chi connectivity index (χ2v) is 9.30. The molecule has 0 aromatic heterocycles. The number of nitrogens with two attached hydrogens (primary N) is 1. The molecule has 166 valence electrons. The van der Waals surface area contributed by atoms with E-state index < -0.39 is 27.1 Å². The van der Waals surface area contributed by atoms with Gasteiger partial charge in [-0.2, -0.15) is 0 Å². The van der Waals surface area contributed by atoms with Crippen molar-refractivity contribution >= 4 is 15.8 Å². The number of hydrogen-bond donors (Lipinski definition) is 2. The molecule has 3 aromatic rings. The molecule has 3 aromatic carbocycles. The van der Waals surface area contributed by atoms with Crippen LogP contribution in [0.1, 0.15) is 17.5 Å². The van der Waals surface area contributed by atoms with Crippen LogP contribution in [0, 0.1) is 24.2 Å². The van der Waals surface area contributed by atoms with Gasteiger partial charge in [0.15, 0.2) is 0 Å². The van der Waals surface area contributed by atoms with Crippen molar-refractivity contribution in [3.8, 4) is 41.1 Å². The second kappa shape index (κ2) is 9.62. The van der Waals surface area contributed by atoms with Crippen LogP contribution >= 0.6 is 0 Å². The minimum Gasteiger partial charge on any atom is -0.497 e. The molecule has 0 spiro atoms. The summed E-state index contributed by atoms with van der Waals surface area (Å²) in [6.45, 7) is 0. The number of sulfone groups is 1. The Balaban J connectivity index is 2.02. The number of carbonyl (C=O) groups is 1. The van der Waals surface area contributed by atoms with Gasteiger partial charge in [0.25, 0.3) is 0 Å². The lowest BCUT2D eigenvalue weighted by atomic mass is 10.0. The first-order valence-corrected chi connectivity index (χ1v) is 11.3. The summed E-state index contributed by atoms with van der Waals surface area (Å²) >= 11 is 0. The quantitative estimate of drug-likeness (QED) is 0.548. The highest BCUT2D eigenvalue weighted by atomic mass is 32.2. The smallest absolute Gasteiger partial charge is 0.340 e. The van der Waals surface area contributed by atoms with E-state index in [9.17, 15) is 18.3 Å². The van der Waals surface area contributed by atoms with E-state index in [2.05, 4.69) is 17.8 Å². The minimum absolute atomic E-state index is 0.00964. The van der Waals surface area contributed by atoms with Gasteiger partial charge in [-0.25, -0.2) is 13.2 Å². The van der Waals surface area contributed by atoms with Gasteiger partial charge in [-0.15, -0.1) is 6.42 Å². The highest BCUT2D eigenvalue weighted by Gasteiger charge is 2.49. The third-order valence-corrected chi connectivity index (χ3v) is 7.26. The van der Waals surface area contributed by atoms with Crippen molar-refractivity contribution in [1.29, 1.82) is 0 Å². The molecule has 0 aliphatic carbocycles. The Morgan fingerprint density at radius 1 is 1.06 bits per heavy atom. The highest BCUT2D eigenvalue weighted by Crippen LogP contribution is 2.31. The average molecular weight is 460 g/mol. The van der Waals surface area contributed by atoms with Crippen molar-refractivity contribution in [3.63, 3.8) is 0 Å². The SMILES string of the molecule is C#Cc1cc(-c2ccc(OC)cc2)ccc1S(=O)(=O)C(N)(CC#Cc1ccccc1)C(=O)O. The van der Waals surface area contributed by atoms with E-state index >= 15 is 0 Å². The fourth-order valence-electron chi connectivity index (χ4n) is 3.12. The molecule has 0 bridgehead atoms. The van der Waals surface area contributed by atoms with Crippen LogP contribution in [0.3, 0.4) is 0 Å². The van der Waals surface area contributed by atoms with E-state index in [4.69, 9.17) is 16.9 Å². The summed E-state index contributed by atoms with van der Waals surface area (Å²) in [5.74, 6) is 6.62. The molecule has 3 rings (SSSR count). The molecule has 1 atom stereocenters. The van der Waals surface area contributed by atoms with Gasteiger partial charge in [0.05, 0.1) is 18.4 Å².